The van der Waals surface area contributed by atoms with Crippen LogP contribution in [0.25, 0.3) is 28.2 Å². The van der Waals surface area contributed by atoms with Crippen LogP contribution in [0.5, 0.6) is 5.75 Å². The van der Waals surface area contributed by atoms with Crippen LogP contribution < -0.4 is 19.6 Å². The molecule has 1 aliphatic rings. The molecule has 7 nitrogen and oxygen atoms in total. The van der Waals surface area contributed by atoms with Gasteiger partial charge in [-0.25, -0.2) is 9.79 Å². The van der Waals surface area contributed by atoms with Crippen LogP contribution in [0.2, 0.25) is 0 Å². The zero-order chi connectivity index (χ0) is 28.7. The number of thiazole rings is 1. The Balaban J connectivity index is 1.57. The molecule has 0 fully saturated rings. The lowest BCUT2D eigenvalue weighted by atomic mass is 9.90. The molecule has 6 rings (SSSR count). The van der Waals surface area contributed by atoms with Gasteiger partial charge in [-0.2, -0.15) is 0 Å². The summed E-state index contributed by atoms with van der Waals surface area (Å²) >= 11 is 4.70. The number of ether oxygens (including phenoxy) is 2. The van der Waals surface area contributed by atoms with E-state index in [-0.39, 0.29) is 12.2 Å². The summed E-state index contributed by atoms with van der Waals surface area (Å²) < 4.78 is 20.3. The van der Waals surface area contributed by atoms with Crippen LogP contribution in [0.4, 0.5) is 0 Å². The minimum absolute atomic E-state index is 0.193. The molecular weight excluding hydrogens is 604 g/mol. The Bertz CT molecular complexity index is 2020. The van der Waals surface area contributed by atoms with Gasteiger partial charge in [0.2, 0.25) is 0 Å². The van der Waals surface area contributed by atoms with Crippen LogP contribution in [0, 0.1) is 0 Å². The van der Waals surface area contributed by atoms with Crippen molar-refractivity contribution in [1.82, 2.24) is 4.57 Å². The highest BCUT2D eigenvalue weighted by atomic mass is 79.9. The van der Waals surface area contributed by atoms with Crippen molar-refractivity contribution >= 4 is 50.1 Å². The summed E-state index contributed by atoms with van der Waals surface area (Å²) in [5.41, 5.74) is 2.13. The molecule has 0 saturated carbocycles. The van der Waals surface area contributed by atoms with Crippen molar-refractivity contribution in [3.05, 3.63) is 120 Å². The van der Waals surface area contributed by atoms with Crippen molar-refractivity contribution in [2.75, 3.05) is 13.7 Å². The molecule has 0 radical (unpaired) electrons. The van der Waals surface area contributed by atoms with Crippen LogP contribution in [0.3, 0.4) is 0 Å². The average molecular weight is 630 g/mol. The second-order valence-electron chi connectivity index (χ2n) is 9.41. The predicted molar refractivity (Wildman–Crippen MR) is 163 cm³/mol. The van der Waals surface area contributed by atoms with E-state index in [9.17, 15) is 9.59 Å². The number of hydrogen-bond donors (Lipinski definition) is 0. The van der Waals surface area contributed by atoms with Crippen molar-refractivity contribution in [3.63, 3.8) is 0 Å². The molecule has 3 aromatic carbocycles. The van der Waals surface area contributed by atoms with E-state index in [1.165, 1.54) is 11.3 Å². The topological polar surface area (TPSA) is 83.0 Å². The van der Waals surface area contributed by atoms with E-state index in [1.54, 1.807) is 31.6 Å². The van der Waals surface area contributed by atoms with Crippen molar-refractivity contribution < 1.29 is 18.7 Å². The monoisotopic (exact) mass is 628 g/mol. The highest BCUT2D eigenvalue weighted by molar-refractivity contribution is 9.10. The smallest absolute Gasteiger partial charge is 0.338 e. The highest BCUT2D eigenvalue weighted by Crippen LogP contribution is 2.40. The van der Waals surface area contributed by atoms with Gasteiger partial charge in [0.1, 0.15) is 23.3 Å². The van der Waals surface area contributed by atoms with E-state index < -0.39 is 12.0 Å². The first-order valence-electron chi connectivity index (χ1n) is 13.0. The fraction of sp³-hybridized carbons (Fsp3) is 0.156. The number of allylic oxidation sites excluding steroid dienone is 1. The maximum Gasteiger partial charge on any atom is 0.338 e. The molecule has 0 aliphatic carbocycles. The Kier molecular flexibility index (Phi) is 7.23. The fourth-order valence-electron chi connectivity index (χ4n) is 5.13. The van der Waals surface area contributed by atoms with Crippen LogP contribution >= 0.6 is 27.3 Å². The lowest BCUT2D eigenvalue weighted by molar-refractivity contribution is -0.139. The normalized spacial score (nSPS) is 15.1. The van der Waals surface area contributed by atoms with E-state index in [0.717, 1.165) is 20.8 Å². The van der Waals surface area contributed by atoms with Crippen molar-refractivity contribution in [1.29, 1.82) is 0 Å². The van der Waals surface area contributed by atoms with E-state index >= 15 is 0 Å². The third kappa shape index (κ3) is 4.85. The minimum atomic E-state index is -0.802. The summed E-state index contributed by atoms with van der Waals surface area (Å²) in [6.45, 7) is 3.71. The van der Waals surface area contributed by atoms with Gasteiger partial charge in [-0.3, -0.25) is 9.36 Å². The second-order valence-corrected chi connectivity index (χ2v) is 11.3. The van der Waals surface area contributed by atoms with Crippen molar-refractivity contribution in [3.8, 4) is 17.1 Å². The number of aromatic nitrogens is 1. The molecule has 206 valence electrons. The number of nitrogens with zero attached hydrogens (tertiary/aromatic N) is 2. The molecule has 0 saturated heterocycles. The van der Waals surface area contributed by atoms with Gasteiger partial charge in [0.15, 0.2) is 4.80 Å². The molecule has 9 heteroatoms. The summed E-state index contributed by atoms with van der Waals surface area (Å²) in [5, 5.41) is 1.83. The number of methoxy groups -OCH3 is 1. The van der Waals surface area contributed by atoms with E-state index in [1.807, 2.05) is 72.8 Å². The molecule has 1 aliphatic heterocycles. The van der Waals surface area contributed by atoms with Crippen LogP contribution in [0.15, 0.2) is 103 Å². The highest BCUT2D eigenvalue weighted by Gasteiger charge is 2.36. The van der Waals surface area contributed by atoms with Gasteiger partial charge in [0, 0.05) is 21.7 Å². The van der Waals surface area contributed by atoms with Crippen LogP contribution in [-0.4, -0.2) is 24.3 Å². The van der Waals surface area contributed by atoms with Gasteiger partial charge >= 0.3 is 5.97 Å². The van der Waals surface area contributed by atoms with Crippen molar-refractivity contribution in [2.45, 2.75) is 19.9 Å². The van der Waals surface area contributed by atoms with Crippen LogP contribution in [0.1, 0.15) is 31.2 Å². The number of halogens is 1. The summed E-state index contributed by atoms with van der Waals surface area (Å²) in [5.74, 6) is 1.27. The molecule has 0 amide bonds. The third-order valence-corrected chi connectivity index (χ3v) is 8.48. The maximum absolute atomic E-state index is 14.1. The average Bonchev–Trinajstić information content (AvgIpc) is 3.56. The number of esters is 1. The summed E-state index contributed by atoms with van der Waals surface area (Å²) in [6.07, 6.45) is 1.72. The number of carbonyl (C=O) groups is 1. The number of fused-ring (bicyclic) bond motifs is 2. The number of benzene rings is 3. The molecule has 1 unspecified atom stereocenters. The van der Waals surface area contributed by atoms with Gasteiger partial charge in [-0.1, -0.05) is 69.7 Å². The zero-order valence-electron chi connectivity index (χ0n) is 22.5. The molecule has 2 aromatic heterocycles. The van der Waals surface area contributed by atoms with Crippen molar-refractivity contribution in [2.24, 2.45) is 4.99 Å². The first-order valence-corrected chi connectivity index (χ1v) is 14.6. The van der Waals surface area contributed by atoms with Gasteiger partial charge < -0.3 is 13.9 Å². The molecule has 0 N–H and O–H groups in total. The maximum atomic E-state index is 14.1. The van der Waals surface area contributed by atoms with Gasteiger partial charge in [0.25, 0.3) is 5.56 Å². The largest absolute Gasteiger partial charge is 0.496 e. The third-order valence-electron chi connectivity index (χ3n) is 6.97. The number of rotatable bonds is 6. The molecule has 5 aromatic rings. The Labute approximate surface area is 247 Å². The standard InChI is InChI=1S/C32H25BrN2O5S/c1-4-39-31(37)27-18(2)34-32-35(29(27)28-23-8-6-5-7-19(23)11-15-25(28)38-3)30(36)26(41-32)17-22-14-16-24(40-22)20-9-12-21(33)13-10-20/h5-17,29H,4H2,1-3H3/b26-17-. The van der Waals surface area contributed by atoms with Gasteiger partial charge in [-0.05, 0) is 55.0 Å². The van der Waals surface area contributed by atoms with E-state index in [0.29, 0.717) is 43.4 Å². The first kappa shape index (κ1) is 27.0. The Hall–Kier alpha value is -4.21. The molecule has 3 heterocycles. The second kappa shape index (κ2) is 11.0. The molecular formula is C32H25BrN2O5S. The predicted octanol–water partition coefficient (Wildman–Crippen LogP) is 5.98. The molecule has 1 atom stereocenters. The van der Waals surface area contributed by atoms with Crippen LogP contribution in [-0.2, 0) is 9.53 Å². The number of carbonyl (C=O) groups excluding carboxylic acids is 1. The Morgan fingerprint density at radius 2 is 1.88 bits per heavy atom. The number of hydrogen-bond acceptors (Lipinski definition) is 7. The van der Waals surface area contributed by atoms with Gasteiger partial charge in [-0.15, -0.1) is 0 Å². The first-order chi connectivity index (χ1) is 19.9. The number of furan rings is 1. The Morgan fingerprint density at radius 1 is 1.10 bits per heavy atom. The van der Waals surface area contributed by atoms with Gasteiger partial charge in [0.05, 0.1) is 29.5 Å². The quantitative estimate of drug-likeness (QED) is 0.216. The Morgan fingerprint density at radius 3 is 2.63 bits per heavy atom. The lowest BCUT2D eigenvalue weighted by Gasteiger charge is -2.27. The summed E-state index contributed by atoms with van der Waals surface area (Å²) in [6, 6.07) is 22.4. The van der Waals surface area contributed by atoms with E-state index in [2.05, 4.69) is 15.9 Å². The molecule has 0 spiro atoms. The van der Waals surface area contributed by atoms with E-state index in [4.69, 9.17) is 18.9 Å². The minimum Gasteiger partial charge on any atom is -0.496 e. The zero-order valence-corrected chi connectivity index (χ0v) is 24.9. The summed E-state index contributed by atoms with van der Waals surface area (Å²) in [7, 11) is 1.58. The SMILES string of the molecule is CCOC(=O)C1=C(C)N=c2s/c(=C\c3ccc(-c4ccc(Br)cc4)o3)c(=O)n2C1c1c(OC)ccc2ccccc12. The lowest BCUT2D eigenvalue weighted by Crippen LogP contribution is -2.40. The fourth-order valence-corrected chi connectivity index (χ4v) is 6.42. The summed E-state index contributed by atoms with van der Waals surface area (Å²) in [4.78, 5) is 32.7. The molecule has 41 heavy (non-hydrogen) atoms. The molecule has 0 bridgehead atoms.